The van der Waals surface area contributed by atoms with Gasteiger partial charge in [-0.05, 0) is 40.0 Å². The Hall–Kier alpha value is -1.07. The molecule has 1 rings (SSSR count). The van der Waals surface area contributed by atoms with E-state index in [9.17, 15) is 9.59 Å². The average Bonchev–Trinajstić information content (AvgIpc) is 2.29. The summed E-state index contributed by atoms with van der Waals surface area (Å²) in [5.41, 5.74) is -1.28. The van der Waals surface area contributed by atoms with Crippen LogP contribution in [0.3, 0.4) is 0 Å². The number of nitrogens with one attached hydrogen (secondary N) is 3. The topological polar surface area (TPSA) is 70.2 Å². The van der Waals surface area contributed by atoms with E-state index in [4.69, 9.17) is 0 Å². The predicted molar refractivity (Wildman–Crippen MR) is 87.5 cm³/mol. The molecule has 0 saturated carbocycles. The van der Waals surface area contributed by atoms with Crippen LogP contribution in [0, 0.1) is 5.92 Å². The fraction of sp³-hybridized carbons (Fsp3) is 0.733. The van der Waals surface area contributed by atoms with E-state index in [1.54, 1.807) is 0 Å². The molecule has 3 N–H and O–H groups in total. The summed E-state index contributed by atoms with van der Waals surface area (Å²) < 4.78 is 0. The average molecular weight is 318 g/mol. The van der Waals surface area contributed by atoms with Crippen molar-refractivity contribution >= 4 is 24.2 Å². The molecule has 0 aliphatic carbocycles. The lowest BCUT2D eigenvalue weighted by molar-refractivity contribution is -0.137. The second-order valence-electron chi connectivity index (χ2n) is 6.69. The third kappa shape index (κ3) is 5.00. The van der Waals surface area contributed by atoms with Crippen molar-refractivity contribution in [3.05, 3.63) is 12.7 Å². The summed E-state index contributed by atoms with van der Waals surface area (Å²) in [4.78, 5) is 24.3. The third-order valence-corrected chi connectivity index (χ3v) is 3.64. The smallest absolute Gasteiger partial charge is 0.247 e. The van der Waals surface area contributed by atoms with Crippen molar-refractivity contribution < 1.29 is 9.59 Å². The van der Waals surface area contributed by atoms with Crippen LogP contribution in [0.4, 0.5) is 0 Å². The molecule has 122 valence electrons. The van der Waals surface area contributed by atoms with Gasteiger partial charge in [-0.1, -0.05) is 6.08 Å². The first-order chi connectivity index (χ1) is 9.10. The van der Waals surface area contributed by atoms with E-state index in [1.807, 2.05) is 33.8 Å². The molecule has 1 fully saturated rings. The number of piperidine rings is 1. The summed E-state index contributed by atoms with van der Waals surface area (Å²) in [7, 11) is 0. The van der Waals surface area contributed by atoms with Gasteiger partial charge in [0, 0.05) is 25.0 Å². The summed E-state index contributed by atoms with van der Waals surface area (Å²) >= 11 is 0. The molecule has 0 bridgehead atoms. The Morgan fingerprint density at radius 1 is 1.38 bits per heavy atom. The molecule has 5 nitrogen and oxygen atoms in total. The van der Waals surface area contributed by atoms with Gasteiger partial charge in [0.15, 0.2) is 0 Å². The summed E-state index contributed by atoms with van der Waals surface area (Å²) in [6.45, 7) is 13.7. The van der Waals surface area contributed by atoms with E-state index in [0.29, 0.717) is 6.42 Å². The molecule has 2 amide bonds. The molecular formula is C15H28ClN3O2. The van der Waals surface area contributed by atoms with Crippen molar-refractivity contribution in [1.29, 1.82) is 0 Å². The number of amides is 2. The van der Waals surface area contributed by atoms with E-state index in [-0.39, 0.29) is 41.7 Å². The van der Waals surface area contributed by atoms with Crippen molar-refractivity contribution in [3.8, 4) is 0 Å². The predicted octanol–water partition coefficient (Wildman–Crippen LogP) is 1.38. The van der Waals surface area contributed by atoms with Gasteiger partial charge in [0.25, 0.3) is 0 Å². The van der Waals surface area contributed by atoms with E-state index in [0.717, 1.165) is 6.54 Å². The molecule has 1 aliphatic heterocycles. The number of rotatable bonds is 3. The minimum Gasteiger partial charge on any atom is -0.349 e. The lowest BCUT2D eigenvalue weighted by Gasteiger charge is -2.45. The summed E-state index contributed by atoms with van der Waals surface area (Å²) in [6, 6.07) is -0.134. The molecule has 0 aromatic rings. The summed E-state index contributed by atoms with van der Waals surface area (Å²) in [6.07, 6.45) is 2.39. The maximum Gasteiger partial charge on any atom is 0.247 e. The molecule has 0 aromatic carbocycles. The minimum absolute atomic E-state index is 0. The van der Waals surface area contributed by atoms with Crippen LogP contribution in [0.1, 0.15) is 41.0 Å². The summed E-state index contributed by atoms with van der Waals surface area (Å²) in [5, 5.41) is 9.15. The van der Waals surface area contributed by atoms with E-state index >= 15 is 0 Å². The molecule has 0 radical (unpaired) electrons. The second-order valence-corrected chi connectivity index (χ2v) is 6.69. The van der Waals surface area contributed by atoms with Crippen LogP contribution in [-0.2, 0) is 9.59 Å². The summed E-state index contributed by atoms with van der Waals surface area (Å²) in [5.74, 6) is -0.192. The molecule has 21 heavy (non-hydrogen) atoms. The van der Waals surface area contributed by atoms with Gasteiger partial charge in [0.1, 0.15) is 5.54 Å². The number of carbonyl (C=O) groups excluding carboxylic acids is 2. The Labute approximate surface area is 133 Å². The second kappa shape index (κ2) is 7.27. The van der Waals surface area contributed by atoms with Crippen molar-refractivity contribution in [2.45, 2.75) is 58.2 Å². The Kier molecular flexibility index (Phi) is 6.90. The van der Waals surface area contributed by atoms with Crippen molar-refractivity contribution in [1.82, 2.24) is 16.0 Å². The van der Waals surface area contributed by atoms with Gasteiger partial charge in [0.2, 0.25) is 11.8 Å². The normalized spacial score (nSPS) is 29.0. The molecule has 1 heterocycles. The Morgan fingerprint density at radius 2 is 1.95 bits per heavy atom. The molecular weight excluding hydrogens is 290 g/mol. The lowest BCUT2D eigenvalue weighted by atomic mass is 9.77. The fourth-order valence-electron chi connectivity index (χ4n) is 2.60. The zero-order valence-corrected chi connectivity index (χ0v) is 14.4. The number of halogens is 1. The highest BCUT2D eigenvalue weighted by Crippen LogP contribution is 2.27. The van der Waals surface area contributed by atoms with Gasteiger partial charge >= 0.3 is 0 Å². The number of carbonyl (C=O) groups is 2. The zero-order valence-electron chi connectivity index (χ0n) is 13.6. The highest BCUT2D eigenvalue weighted by molar-refractivity contribution is 5.92. The van der Waals surface area contributed by atoms with Gasteiger partial charge in [-0.2, -0.15) is 0 Å². The lowest BCUT2D eigenvalue weighted by Crippen LogP contribution is -2.72. The fourth-order valence-corrected chi connectivity index (χ4v) is 2.60. The quantitative estimate of drug-likeness (QED) is 0.689. The van der Waals surface area contributed by atoms with Gasteiger partial charge in [-0.15, -0.1) is 19.0 Å². The van der Waals surface area contributed by atoms with Gasteiger partial charge in [-0.25, -0.2) is 0 Å². The van der Waals surface area contributed by atoms with E-state index in [2.05, 4.69) is 22.5 Å². The van der Waals surface area contributed by atoms with Gasteiger partial charge in [0.05, 0.1) is 0 Å². The molecule has 3 atom stereocenters. The monoisotopic (exact) mass is 317 g/mol. The number of hydrogen-bond donors (Lipinski definition) is 3. The van der Waals surface area contributed by atoms with Crippen LogP contribution in [0.2, 0.25) is 0 Å². The third-order valence-electron chi connectivity index (χ3n) is 3.64. The molecule has 0 unspecified atom stereocenters. The van der Waals surface area contributed by atoms with Crippen LogP contribution < -0.4 is 16.0 Å². The first-order valence-electron chi connectivity index (χ1n) is 7.08. The molecule has 1 aliphatic rings. The van der Waals surface area contributed by atoms with Crippen LogP contribution in [0.25, 0.3) is 0 Å². The van der Waals surface area contributed by atoms with Gasteiger partial charge in [-0.3, -0.25) is 9.59 Å². The standard InChI is InChI=1S/C15H27N3O2.ClH/c1-7-12-8-15(17-11(3)19,10(2)16-9-12)13(20)18-14(4,5)6;/h7,10,12,16H,1,8-9H2,2-6H3,(H,17,19)(H,18,20);1H/t10-,12-,15+;/m0./s1. The number of hydrogen-bond acceptors (Lipinski definition) is 3. The van der Waals surface area contributed by atoms with Crippen molar-refractivity contribution in [2.24, 2.45) is 5.92 Å². The van der Waals surface area contributed by atoms with Crippen LogP contribution >= 0.6 is 12.4 Å². The minimum atomic E-state index is -0.934. The molecule has 6 heteroatoms. The van der Waals surface area contributed by atoms with Crippen LogP contribution in [0.5, 0.6) is 0 Å². The molecule has 1 saturated heterocycles. The van der Waals surface area contributed by atoms with Crippen LogP contribution in [0.15, 0.2) is 12.7 Å². The SMILES string of the molecule is C=C[C@@H]1CN[C@@H](C)[C@@](NC(C)=O)(C(=O)NC(C)(C)C)C1.Cl. The van der Waals surface area contributed by atoms with Crippen LogP contribution in [-0.4, -0.2) is 35.5 Å². The molecule has 0 aromatic heterocycles. The van der Waals surface area contributed by atoms with E-state index < -0.39 is 5.54 Å². The van der Waals surface area contributed by atoms with Crippen molar-refractivity contribution in [3.63, 3.8) is 0 Å². The largest absolute Gasteiger partial charge is 0.349 e. The Balaban J connectivity index is 0.00000400. The van der Waals surface area contributed by atoms with Crippen molar-refractivity contribution in [2.75, 3.05) is 6.54 Å². The molecule has 0 spiro atoms. The van der Waals surface area contributed by atoms with Gasteiger partial charge < -0.3 is 16.0 Å². The Bertz CT molecular complexity index is 406. The van der Waals surface area contributed by atoms with E-state index in [1.165, 1.54) is 6.92 Å². The maximum atomic E-state index is 12.7. The highest BCUT2D eigenvalue weighted by atomic mass is 35.5. The zero-order chi connectivity index (χ0) is 15.6. The maximum absolute atomic E-state index is 12.7. The first kappa shape index (κ1) is 19.9. The highest BCUT2D eigenvalue weighted by Gasteiger charge is 2.48. The first-order valence-corrected chi connectivity index (χ1v) is 7.08. The Morgan fingerprint density at radius 3 is 2.38 bits per heavy atom.